The van der Waals surface area contributed by atoms with Crippen LogP contribution >= 0.6 is 0 Å². The molecule has 1 atom stereocenters. The highest BCUT2D eigenvalue weighted by molar-refractivity contribution is 5.86. The Labute approximate surface area is 99.0 Å². The third kappa shape index (κ3) is 2.82. The van der Waals surface area contributed by atoms with Crippen LogP contribution in [-0.2, 0) is 24.7 Å². The molecule has 0 bridgehead atoms. The summed E-state index contributed by atoms with van der Waals surface area (Å²) in [4.78, 5) is 22.8. The van der Waals surface area contributed by atoms with Crippen molar-refractivity contribution >= 4 is 11.9 Å². The standard InChI is InChI=1S/C12H14O5/c1-16-10(13)8-12(15,11(14)17-2)9-6-4-3-5-7-9/h3-7,15H,8H2,1-2H3. The first kappa shape index (κ1) is 13.2. The van der Waals surface area contributed by atoms with Gasteiger partial charge in [0.25, 0.3) is 0 Å². The Kier molecular flexibility index (Phi) is 4.23. The first-order valence-corrected chi connectivity index (χ1v) is 4.97. The van der Waals surface area contributed by atoms with Crippen molar-refractivity contribution in [3.05, 3.63) is 35.9 Å². The highest BCUT2D eigenvalue weighted by Crippen LogP contribution is 2.26. The number of benzene rings is 1. The fourth-order valence-electron chi connectivity index (χ4n) is 1.46. The zero-order valence-electron chi connectivity index (χ0n) is 9.67. The Morgan fingerprint density at radius 1 is 1.18 bits per heavy atom. The molecule has 1 aromatic carbocycles. The number of rotatable bonds is 4. The van der Waals surface area contributed by atoms with Crippen LogP contribution in [0.3, 0.4) is 0 Å². The lowest BCUT2D eigenvalue weighted by molar-refractivity contribution is -0.170. The normalized spacial score (nSPS) is 13.6. The highest BCUT2D eigenvalue weighted by atomic mass is 16.5. The van der Waals surface area contributed by atoms with Crippen LogP contribution in [0.1, 0.15) is 12.0 Å². The molecule has 0 aromatic heterocycles. The van der Waals surface area contributed by atoms with E-state index in [1.807, 2.05) is 0 Å². The van der Waals surface area contributed by atoms with E-state index in [-0.39, 0.29) is 5.56 Å². The molecule has 1 rings (SSSR count). The second-order valence-electron chi connectivity index (χ2n) is 3.47. The maximum absolute atomic E-state index is 11.6. The molecule has 0 amide bonds. The van der Waals surface area contributed by atoms with Gasteiger partial charge in [0, 0.05) is 0 Å². The van der Waals surface area contributed by atoms with Crippen LogP contribution in [0.2, 0.25) is 0 Å². The largest absolute Gasteiger partial charge is 0.469 e. The molecule has 92 valence electrons. The summed E-state index contributed by atoms with van der Waals surface area (Å²) in [7, 11) is 2.33. The Hall–Kier alpha value is -1.88. The number of hydrogen-bond donors (Lipinski definition) is 1. The molecule has 0 aliphatic rings. The molecule has 0 fully saturated rings. The Bertz CT molecular complexity index is 401. The summed E-state index contributed by atoms with van der Waals surface area (Å²) in [6.45, 7) is 0. The van der Waals surface area contributed by atoms with Crippen LogP contribution in [0.25, 0.3) is 0 Å². The molecule has 0 saturated carbocycles. The first-order chi connectivity index (χ1) is 8.04. The van der Waals surface area contributed by atoms with Gasteiger partial charge in [-0.2, -0.15) is 0 Å². The predicted molar refractivity (Wildman–Crippen MR) is 59.0 cm³/mol. The van der Waals surface area contributed by atoms with Crippen molar-refractivity contribution in [2.24, 2.45) is 0 Å². The Balaban J connectivity index is 3.11. The summed E-state index contributed by atoms with van der Waals surface area (Å²) in [6, 6.07) is 8.13. The topological polar surface area (TPSA) is 72.8 Å². The lowest BCUT2D eigenvalue weighted by Gasteiger charge is -2.24. The summed E-state index contributed by atoms with van der Waals surface area (Å²) in [5.74, 6) is -1.59. The van der Waals surface area contributed by atoms with Gasteiger partial charge in [-0.15, -0.1) is 0 Å². The van der Waals surface area contributed by atoms with E-state index in [0.29, 0.717) is 0 Å². The van der Waals surface area contributed by atoms with Crippen molar-refractivity contribution in [1.82, 2.24) is 0 Å². The molecule has 0 heterocycles. The van der Waals surface area contributed by atoms with Gasteiger partial charge in [0.2, 0.25) is 0 Å². The number of carbonyl (C=O) groups is 2. The Morgan fingerprint density at radius 2 is 1.76 bits per heavy atom. The van der Waals surface area contributed by atoms with E-state index in [1.165, 1.54) is 7.11 Å². The zero-order chi connectivity index (χ0) is 12.9. The van der Waals surface area contributed by atoms with Gasteiger partial charge in [0.15, 0.2) is 5.60 Å². The molecule has 1 aromatic rings. The van der Waals surface area contributed by atoms with Gasteiger partial charge >= 0.3 is 11.9 Å². The minimum absolute atomic E-state index is 0.289. The van der Waals surface area contributed by atoms with Crippen molar-refractivity contribution < 1.29 is 24.2 Å². The number of esters is 2. The van der Waals surface area contributed by atoms with Gasteiger partial charge in [-0.05, 0) is 5.56 Å². The van der Waals surface area contributed by atoms with Crippen molar-refractivity contribution in [2.75, 3.05) is 14.2 Å². The first-order valence-electron chi connectivity index (χ1n) is 4.97. The second kappa shape index (κ2) is 5.45. The van der Waals surface area contributed by atoms with Gasteiger partial charge < -0.3 is 14.6 Å². The van der Waals surface area contributed by atoms with Crippen molar-refractivity contribution in [3.63, 3.8) is 0 Å². The van der Waals surface area contributed by atoms with E-state index in [4.69, 9.17) is 0 Å². The number of hydrogen-bond acceptors (Lipinski definition) is 5. The SMILES string of the molecule is COC(=O)CC(O)(C(=O)OC)c1ccccc1. The lowest BCUT2D eigenvalue weighted by Crippen LogP contribution is -2.39. The molecule has 17 heavy (non-hydrogen) atoms. The third-order valence-corrected chi connectivity index (χ3v) is 2.40. The molecule has 0 aliphatic carbocycles. The maximum Gasteiger partial charge on any atom is 0.343 e. The number of ether oxygens (including phenoxy) is 2. The zero-order valence-corrected chi connectivity index (χ0v) is 9.67. The quantitative estimate of drug-likeness (QED) is 0.778. The average molecular weight is 238 g/mol. The van der Waals surface area contributed by atoms with Crippen molar-refractivity contribution in [1.29, 1.82) is 0 Å². The van der Waals surface area contributed by atoms with Gasteiger partial charge in [-0.3, -0.25) is 4.79 Å². The van der Waals surface area contributed by atoms with E-state index in [0.717, 1.165) is 7.11 Å². The number of aliphatic hydroxyl groups is 1. The maximum atomic E-state index is 11.6. The smallest absolute Gasteiger partial charge is 0.343 e. The van der Waals surface area contributed by atoms with Gasteiger partial charge in [-0.25, -0.2) is 4.79 Å². The summed E-state index contributed by atoms with van der Waals surface area (Å²) >= 11 is 0. The molecular weight excluding hydrogens is 224 g/mol. The summed E-state index contributed by atoms with van der Waals surface area (Å²) in [5.41, 5.74) is -1.72. The molecule has 1 N–H and O–H groups in total. The Morgan fingerprint density at radius 3 is 2.24 bits per heavy atom. The molecule has 0 aliphatic heterocycles. The molecule has 5 heteroatoms. The minimum atomic E-state index is -2.01. The molecule has 5 nitrogen and oxygen atoms in total. The van der Waals surface area contributed by atoms with E-state index in [2.05, 4.69) is 9.47 Å². The van der Waals surface area contributed by atoms with Crippen molar-refractivity contribution in [2.45, 2.75) is 12.0 Å². The van der Waals surface area contributed by atoms with Gasteiger partial charge in [-0.1, -0.05) is 30.3 Å². The molecule has 1 unspecified atom stereocenters. The van der Waals surface area contributed by atoms with E-state index < -0.39 is 24.0 Å². The van der Waals surface area contributed by atoms with Crippen LogP contribution in [0.15, 0.2) is 30.3 Å². The van der Waals surface area contributed by atoms with E-state index in [1.54, 1.807) is 30.3 Å². The third-order valence-electron chi connectivity index (χ3n) is 2.40. The average Bonchev–Trinajstić information content (AvgIpc) is 2.38. The predicted octanol–water partition coefficient (Wildman–Crippen LogP) is 0.610. The van der Waals surface area contributed by atoms with Crippen LogP contribution in [0.4, 0.5) is 0 Å². The van der Waals surface area contributed by atoms with E-state index >= 15 is 0 Å². The monoisotopic (exact) mass is 238 g/mol. The minimum Gasteiger partial charge on any atom is -0.469 e. The summed E-state index contributed by atoms with van der Waals surface area (Å²) in [6.07, 6.45) is -0.486. The van der Waals surface area contributed by atoms with Gasteiger partial charge in [0.1, 0.15) is 0 Å². The molecular formula is C12H14O5. The fourth-order valence-corrected chi connectivity index (χ4v) is 1.46. The lowest BCUT2D eigenvalue weighted by atomic mass is 9.90. The molecule has 0 spiro atoms. The molecule has 0 saturated heterocycles. The second-order valence-corrected chi connectivity index (χ2v) is 3.47. The van der Waals surface area contributed by atoms with Crippen LogP contribution in [0, 0.1) is 0 Å². The fraction of sp³-hybridized carbons (Fsp3) is 0.333. The van der Waals surface area contributed by atoms with Crippen molar-refractivity contribution in [3.8, 4) is 0 Å². The molecule has 0 radical (unpaired) electrons. The van der Waals surface area contributed by atoms with Crippen LogP contribution in [0.5, 0.6) is 0 Å². The number of methoxy groups -OCH3 is 2. The summed E-state index contributed by atoms with van der Waals surface area (Å²) < 4.78 is 8.97. The number of carbonyl (C=O) groups excluding carboxylic acids is 2. The highest BCUT2D eigenvalue weighted by Gasteiger charge is 2.41. The summed E-state index contributed by atoms with van der Waals surface area (Å²) in [5, 5.41) is 10.3. The van der Waals surface area contributed by atoms with Crippen LogP contribution in [-0.4, -0.2) is 31.3 Å². The van der Waals surface area contributed by atoms with E-state index in [9.17, 15) is 14.7 Å². The van der Waals surface area contributed by atoms with Gasteiger partial charge in [0.05, 0.1) is 20.6 Å². The van der Waals surface area contributed by atoms with Crippen LogP contribution < -0.4 is 0 Å².